The molecule has 2 atom stereocenters. The molecule has 0 radical (unpaired) electrons. The third kappa shape index (κ3) is 7.16. The monoisotopic (exact) mass is 932 g/mol. The van der Waals surface area contributed by atoms with Crippen molar-refractivity contribution in [2.24, 2.45) is 0 Å². The summed E-state index contributed by atoms with van der Waals surface area (Å²) >= 11 is 0. The first kappa shape index (κ1) is 42.9. The van der Waals surface area contributed by atoms with Gasteiger partial charge in [-0.15, -0.1) is 0 Å². The molecule has 14 rings (SSSR count). The predicted octanol–water partition coefficient (Wildman–Crippen LogP) is 18.6. The first-order valence-electron chi connectivity index (χ1n) is 25.7. The molecule has 0 saturated heterocycles. The Morgan fingerprint density at radius 1 is 0.521 bits per heavy atom. The van der Waals surface area contributed by atoms with Crippen LogP contribution in [0.5, 0.6) is 0 Å². The van der Waals surface area contributed by atoms with Gasteiger partial charge in [0.25, 0.3) is 0 Å². The van der Waals surface area contributed by atoms with E-state index in [2.05, 4.69) is 283 Å². The Labute approximate surface area is 427 Å². The topological polar surface area (TPSA) is 8.17 Å². The molecule has 2 heteroatoms. The van der Waals surface area contributed by atoms with E-state index in [1.165, 1.54) is 116 Å². The van der Waals surface area contributed by atoms with Crippen molar-refractivity contribution in [3.63, 3.8) is 0 Å². The van der Waals surface area contributed by atoms with Crippen LogP contribution in [-0.2, 0) is 5.41 Å². The quantitative estimate of drug-likeness (QED) is 0.138. The van der Waals surface area contributed by atoms with Crippen molar-refractivity contribution in [2.75, 3.05) is 4.90 Å². The van der Waals surface area contributed by atoms with Gasteiger partial charge in [-0.25, -0.2) is 0 Å². The normalized spacial score (nSPS) is 16.8. The summed E-state index contributed by atoms with van der Waals surface area (Å²) < 4.78 is 2.44. The number of fused-ring (bicyclic) bond motifs is 9. The van der Waals surface area contributed by atoms with Gasteiger partial charge in [-0.3, -0.25) is 0 Å². The zero-order chi connectivity index (χ0) is 48.5. The fraction of sp³-hybridized carbons (Fsp3) is 0.0704. The lowest BCUT2D eigenvalue weighted by atomic mass is 9.77. The van der Waals surface area contributed by atoms with E-state index in [1.54, 1.807) is 0 Å². The largest absolute Gasteiger partial charge is 0.310 e. The van der Waals surface area contributed by atoms with Gasteiger partial charge >= 0.3 is 0 Å². The minimum atomic E-state index is 0.00876. The van der Waals surface area contributed by atoms with Gasteiger partial charge in [0, 0.05) is 44.6 Å². The van der Waals surface area contributed by atoms with Gasteiger partial charge in [0.05, 0.1) is 16.7 Å². The van der Waals surface area contributed by atoms with Crippen LogP contribution in [0, 0.1) is 0 Å². The molecule has 346 valence electrons. The number of anilines is 2. The number of hydrogen-bond donors (Lipinski definition) is 0. The summed E-state index contributed by atoms with van der Waals surface area (Å²) in [5.74, 6) is 0.214. The van der Waals surface area contributed by atoms with Gasteiger partial charge in [-0.1, -0.05) is 219 Å². The van der Waals surface area contributed by atoms with Crippen molar-refractivity contribution in [1.29, 1.82) is 0 Å². The summed E-state index contributed by atoms with van der Waals surface area (Å²) in [7, 11) is 0. The van der Waals surface area contributed by atoms with E-state index in [9.17, 15) is 0 Å². The Kier molecular flexibility index (Phi) is 10.2. The molecule has 0 N–H and O–H groups in total. The average Bonchev–Trinajstić information content (AvgIpc) is 3.96. The molecule has 10 aromatic carbocycles. The molecule has 2 nitrogen and oxygen atoms in total. The van der Waals surface area contributed by atoms with E-state index >= 15 is 0 Å². The van der Waals surface area contributed by atoms with Crippen LogP contribution in [0.1, 0.15) is 59.1 Å². The summed E-state index contributed by atoms with van der Waals surface area (Å²) in [4.78, 5) is 2.52. The van der Waals surface area contributed by atoms with Crippen molar-refractivity contribution in [3.8, 4) is 16.8 Å². The lowest BCUT2D eigenvalue weighted by molar-refractivity contribution is 0.600. The van der Waals surface area contributed by atoms with Gasteiger partial charge in [-0.05, 0) is 139 Å². The van der Waals surface area contributed by atoms with Crippen LogP contribution in [0.2, 0.25) is 0 Å². The van der Waals surface area contributed by atoms with E-state index in [-0.39, 0.29) is 11.3 Å². The molecule has 0 saturated carbocycles. The van der Waals surface area contributed by atoms with Crippen molar-refractivity contribution in [1.82, 2.24) is 4.57 Å². The van der Waals surface area contributed by atoms with E-state index in [0.717, 1.165) is 18.5 Å². The molecule has 11 aromatic rings. The summed E-state index contributed by atoms with van der Waals surface area (Å²) in [6, 6.07) is 83.4. The molecule has 0 bridgehead atoms. The maximum absolute atomic E-state index is 2.52. The summed E-state index contributed by atoms with van der Waals surface area (Å²) in [6.07, 6.45) is 18.1. The summed E-state index contributed by atoms with van der Waals surface area (Å²) in [5, 5.41) is 7.51. The fourth-order valence-electron chi connectivity index (χ4n) is 12.2. The van der Waals surface area contributed by atoms with Gasteiger partial charge in [-0.2, -0.15) is 0 Å². The van der Waals surface area contributed by atoms with Crippen LogP contribution in [0.25, 0.3) is 71.3 Å². The summed E-state index contributed by atoms with van der Waals surface area (Å²) in [5.41, 5.74) is 19.7. The Balaban J connectivity index is 0.894. The van der Waals surface area contributed by atoms with Crippen molar-refractivity contribution in [2.45, 2.75) is 31.1 Å². The zero-order valence-corrected chi connectivity index (χ0v) is 40.8. The number of hydrogen-bond acceptors (Lipinski definition) is 1. The van der Waals surface area contributed by atoms with E-state index in [0.29, 0.717) is 0 Å². The molecular formula is C71H52N2. The molecule has 0 fully saturated rings. The molecule has 1 heterocycles. The van der Waals surface area contributed by atoms with Gasteiger partial charge in [0.1, 0.15) is 0 Å². The predicted molar refractivity (Wildman–Crippen MR) is 309 cm³/mol. The molecule has 0 aliphatic heterocycles. The Morgan fingerprint density at radius 3 is 1.92 bits per heavy atom. The molecule has 2 unspecified atom stereocenters. The number of aromatic nitrogens is 1. The van der Waals surface area contributed by atoms with Gasteiger partial charge in [0.2, 0.25) is 0 Å². The van der Waals surface area contributed by atoms with E-state index in [4.69, 9.17) is 0 Å². The van der Waals surface area contributed by atoms with E-state index < -0.39 is 0 Å². The highest BCUT2D eigenvalue weighted by Crippen LogP contribution is 2.52. The summed E-state index contributed by atoms with van der Waals surface area (Å²) in [6.45, 7) is 2.33. The van der Waals surface area contributed by atoms with Crippen molar-refractivity contribution < 1.29 is 0 Å². The molecular weight excluding hydrogens is 881 g/mol. The molecule has 1 aromatic heterocycles. The standard InChI is InChI=1S/C71H52N2/c1-71(43-17-4-18-44-71)53-34-38-55(39-35-53)73-66-30-16-15-28-62(66)64-45-51(33-42-67(64)73)48-31-36-54(37-32-48)72(68-46-52-23-9-10-24-57(52)58-25-11-13-27-61(58)68)56-40-41-60-59-26-12-14-29-63(59)70(65(60)47-56)69(49-19-5-2-6-20-49)50-21-7-3-8-22-50/h2-31,33-43,45-48H,32,44H2,1H3. The maximum atomic E-state index is 2.52. The zero-order valence-electron chi connectivity index (χ0n) is 40.8. The Bertz CT molecular complexity index is 4100. The van der Waals surface area contributed by atoms with Crippen molar-refractivity contribution >= 4 is 65.9 Å². The highest BCUT2D eigenvalue weighted by molar-refractivity contribution is 6.16. The molecule has 3 aliphatic carbocycles. The van der Waals surface area contributed by atoms with Crippen LogP contribution < -0.4 is 4.90 Å². The second kappa shape index (κ2) is 17.4. The molecule has 0 spiro atoms. The second-order valence-corrected chi connectivity index (χ2v) is 20.2. The number of rotatable bonds is 8. The second-order valence-electron chi connectivity index (χ2n) is 20.2. The SMILES string of the molecule is CC1(c2ccc(-n3c4ccccc4c4cc(C5C=CC(N(c6ccc7c(c6)C(=C(c6ccccc6)c6ccccc6)c6ccccc6-7)c6cc7ccccc7c7ccccc67)=CC5)ccc43)cc2)C=CC=CC1. The number of allylic oxidation sites excluding steroid dienone is 7. The number of benzene rings is 10. The van der Waals surface area contributed by atoms with Crippen molar-refractivity contribution in [3.05, 3.63) is 306 Å². The smallest absolute Gasteiger partial charge is 0.0546 e. The Hall–Kier alpha value is -8.98. The maximum Gasteiger partial charge on any atom is 0.0546 e. The van der Waals surface area contributed by atoms with Crippen LogP contribution in [0.4, 0.5) is 11.4 Å². The third-order valence-electron chi connectivity index (χ3n) is 15.9. The number of nitrogens with zero attached hydrogens (tertiary/aromatic N) is 2. The molecule has 0 amide bonds. The molecule has 73 heavy (non-hydrogen) atoms. The van der Waals surface area contributed by atoms with Gasteiger partial charge in [0.15, 0.2) is 0 Å². The highest BCUT2D eigenvalue weighted by Gasteiger charge is 2.30. The average molecular weight is 933 g/mol. The third-order valence-corrected chi connectivity index (χ3v) is 15.9. The van der Waals surface area contributed by atoms with Crippen LogP contribution in [0.3, 0.4) is 0 Å². The van der Waals surface area contributed by atoms with Crippen LogP contribution >= 0.6 is 0 Å². The van der Waals surface area contributed by atoms with Crippen LogP contribution in [0.15, 0.2) is 273 Å². The van der Waals surface area contributed by atoms with Gasteiger partial charge < -0.3 is 9.47 Å². The number of para-hydroxylation sites is 1. The highest BCUT2D eigenvalue weighted by atomic mass is 15.1. The lowest BCUT2D eigenvalue weighted by Crippen LogP contribution is -2.19. The minimum absolute atomic E-state index is 0.00876. The first-order chi connectivity index (χ1) is 36.1. The lowest BCUT2D eigenvalue weighted by Gasteiger charge is -2.31. The van der Waals surface area contributed by atoms with Crippen LogP contribution in [-0.4, -0.2) is 4.57 Å². The molecule has 3 aliphatic rings. The van der Waals surface area contributed by atoms with E-state index in [1.807, 2.05) is 0 Å². The minimum Gasteiger partial charge on any atom is -0.310 e. The Morgan fingerprint density at radius 2 is 1.18 bits per heavy atom. The fourth-order valence-corrected chi connectivity index (χ4v) is 12.2. The first-order valence-corrected chi connectivity index (χ1v) is 25.7.